The summed E-state index contributed by atoms with van der Waals surface area (Å²) in [4.78, 5) is 5.08. The molecule has 2 aliphatic rings. The number of anilines is 1. The van der Waals surface area contributed by atoms with Crippen LogP contribution in [0.1, 0.15) is 24.8 Å². The number of nitrogens with two attached hydrogens (primary N) is 1. The van der Waals surface area contributed by atoms with Crippen molar-refractivity contribution in [2.45, 2.75) is 31.8 Å². The molecule has 4 heteroatoms. The van der Waals surface area contributed by atoms with Crippen LogP contribution < -0.4 is 10.6 Å². The molecule has 3 rings (SSSR count). The molecule has 2 fully saturated rings. The van der Waals surface area contributed by atoms with Crippen LogP contribution >= 0.6 is 11.6 Å². The van der Waals surface area contributed by atoms with Gasteiger partial charge < -0.3 is 10.6 Å². The second-order valence-electron chi connectivity index (χ2n) is 5.58. The summed E-state index contributed by atoms with van der Waals surface area (Å²) in [5.41, 5.74) is 8.19. The number of benzene rings is 1. The van der Waals surface area contributed by atoms with Gasteiger partial charge >= 0.3 is 0 Å². The molecule has 0 amide bonds. The third kappa shape index (κ3) is 2.60. The summed E-state index contributed by atoms with van der Waals surface area (Å²) in [6, 6.07) is 6.76. The van der Waals surface area contributed by atoms with E-state index in [1.54, 1.807) is 0 Å². The molecular formula is C15H22ClN3. The van der Waals surface area contributed by atoms with Crippen LogP contribution in [0.15, 0.2) is 18.2 Å². The van der Waals surface area contributed by atoms with Gasteiger partial charge in [-0.05, 0) is 31.0 Å². The molecule has 1 unspecified atom stereocenters. The van der Waals surface area contributed by atoms with E-state index >= 15 is 0 Å². The summed E-state index contributed by atoms with van der Waals surface area (Å²) >= 11 is 6.41. The molecule has 1 atom stereocenters. The molecule has 2 heterocycles. The highest BCUT2D eigenvalue weighted by Gasteiger charge is 2.30. The second-order valence-corrected chi connectivity index (χ2v) is 5.99. The van der Waals surface area contributed by atoms with Crippen LogP contribution in [-0.2, 0) is 6.54 Å². The lowest BCUT2D eigenvalue weighted by molar-refractivity contribution is 0.133. The number of rotatable bonds is 2. The molecule has 2 N–H and O–H groups in total. The van der Waals surface area contributed by atoms with E-state index < -0.39 is 0 Å². The van der Waals surface area contributed by atoms with Crippen molar-refractivity contribution in [2.75, 3.05) is 31.1 Å². The molecular weight excluding hydrogens is 258 g/mol. The molecule has 0 spiro atoms. The molecule has 0 aliphatic carbocycles. The van der Waals surface area contributed by atoms with Crippen LogP contribution in [0.2, 0.25) is 5.02 Å². The standard InChI is InChI=1S/C15H22ClN3/c16-14-6-3-4-12(10-17)15(14)19-9-8-18-7-2-1-5-13(18)11-19/h3-4,6,13H,1-2,5,7-11,17H2. The van der Waals surface area contributed by atoms with E-state index in [2.05, 4.69) is 15.9 Å². The molecule has 0 aromatic heterocycles. The highest BCUT2D eigenvalue weighted by molar-refractivity contribution is 6.33. The van der Waals surface area contributed by atoms with Crippen LogP contribution in [0, 0.1) is 0 Å². The number of piperazine rings is 1. The minimum atomic E-state index is 0.556. The quantitative estimate of drug-likeness (QED) is 0.903. The Balaban J connectivity index is 1.83. The second kappa shape index (κ2) is 5.70. The summed E-state index contributed by atoms with van der Waals surface area (Å²) in [6.45, 7) is 5.13. The summed E-state index contributed by atoms with van der Waals surface area (Å²) in [7, 11) is 0. The largest absolute Gasteiger partial charge is 0.367 e. The third-order valence-corrected chi connectivity index (χ3v) is 4.75. The number of hydrogen-bond acceptors (Lipinski definition) is 3. The fourth-order valence-corrected chi connectivity index (χ4v) is 3.75. The number of halogens is 1. The first-order valence-corrected chi connectivity index (χ1v) is 7.64. The Hall–Kier alpha value is -0.770. The monoisotopic (exact) mass is 279 g/mol. The first-order valence-electron chi connectivity index (χ1n) is 7.26. The van der Waals surface area contributed by atoms with Gasteiger partial charge in [-0.2, -0.15) is 0 Å². The smallest absolute Gasteiger partial charge is 0.0642 e. The van der Waals surface area contributed by atoms with Crippen LogP contribution in [0.3, 0.4) is 0 Å². The van der Waals surface area contributed by atoms with Crippen LogP contribution in [0.25, 0.3) is 0 Å². The third-order valence-electron chi connectivity index (χ3n) is 4.44. The molecule has 0 bridgehead atoms. The lowest BCUT2D eigenvalue weighted by atomic mass is 9.98. The minimum Gasteiger partial charge on any atom is -0.367 e. The Morgan fingerprint density at radius 2 is 2.11 bits per heavy atom. The molecule has 2 aliphatic heterocycles. The Kier molecular flexibility index (Phi) is 3.96. The average molecular weight is 280 g/mol. The van der Waals surface area contributed by atoms with Gasteiger partial charge in [-0.15, -0.1) is 0 Å². The number of hydrogen-bond donors (Lipinski definition) is 1. The van der Waals surface area contributed by atoms with E-state index in [9.17, 15) is 0 Å². The van der Waals surface area contributed by atoms with Crippen molar-refractivity contribution in [3.05, 3.63) is 28.8 Å². The van der Waals surface area contributed by atoms with Crippen molar-refractivity contribution in [3.8, 4) is 0 Å². The van der Waals surface area contributed by atoms with Gasteiger partial charge in [-0.3, -0.25) is 4.90 Å². The molecule has 1 aromatic rings. The molecule has 2 saturated heterocycles. The van der Waals surface area contributed by atoms with Crippen molar-refractivity contribution in [1.29, 1.82) is 0 Å². The zero-order chi connectivity index (χ0) is 13.2. The average Bonchev–Trinajstić information content (AvgIpc) is 2.46. The fourth-order valence-electron chi connectivity index (χ4n) is 3.44. The predicted octanol–water partition coefficient (Wildman–Crippen LogP) is 2.47. The van der Waals surface area contributed by atoms with Crippen molar-refractivity contribution in [3.63, 3.8) is 0 Å². The first kappa shape index (κ1) is 13.2. The molecule has 104 valence electrons. The molecule has 0 radical (unpaired) electrons. The highest BCUT2D eigenvalue weighted by Crippen LogP contribution is 2.32. The van der Waals surface area contributed by atoms with Crippen LogP contribution in [-0.4, -0.2) is 37.1 Å². The van der Waals surface area contributed by atoms with Gasteiger partial charge in [0.05, 0.1) is 10.7 Å². The van der Waals surface area contributed by atoms with Crippen LogP contribution in [0.5, 0.6) is 0 Å². The van der Waals surface area contributed by atoms with E-state index in [1.165, 1.54) is 25.8 Å². The molecule has 1 aromatic carbocycles. The normalized spacial score (nSPS) is 24.3. The van der Waals surface area contributed by atoms with E-state index in [0.29, 0.717) is 12.6 Å². The number of para-hydroxylation sites is 1. The number of nitrogens with zero attached hydrogens (tertiary/aromatic N) is 2. The molecule has 0 saturated carbocycles. The summed E-state index contributed by atoms with van der Waals surface area (Å²) in [5.74, 6) is 0. The summed E-state index contributed by atoms with van der Waals surface area (Å²) < 4.78 is 0. The lowest BCUT2D eigenvalue weighted by Crippen LogP contribution is -2.55. The first-order chi connectivity index (χ1) is 9.29. The molecule has 3 nitrogen and oxygen atoms in total. The summed E-state index contributed by atoms with van der Waals surface area (Å²) in [6.07, 6.45) is 4.04. The Morgan fingerprint density at radius 3 is 2.95 bits per heavy atom. The van der Waals surface area contributed by atoms with Gasteiger partial charge in [0.15, 0.2) is 0 Å². The van der Waals surface area contributed by atoms with Gasteiger partial charge in [0.25, 0.3) is 0 Å². The fraction of sp³-hybridized carbons (Fsp3) is 0.600. The van der Waals surface area contributed by atoms with Gasteiger partial charge in [0.1, 0.15) is 0 Å². The Morgan fingerprint density at radius 1 is 1.21 bits per heavy atom. The SMILES string of the molecule is NCc1cccc(Cl)c1N1CCN2CCCCC2C1. The van der Waals surface area contributed by atoms with Crippen LogP contribution in [0.4, 0.5) is 5.69 Å². The zero-order valence-corrected chi connectivity index (χ0v) is 12.1. The lowest BCUT2D eigenvalue weighted by Gasteiger charge is -2.45. The minimum absolute atomic E-state index is 0.556. The number of piperidine rings is 1. The maximum absolute atomic E-state index is 6.41. The predicted molar refractivity (Wildman–Crippen MR) is 80.8 cm³/mol. The van der Waals surface area contributed by atoms with Crippen molar-refractivity contribution >= 4 is 17.3 Å². The maximum atomic E-state index is 6.41. The number of fused-ring (bicyclic) bond motifs is 1. The van der Waals surface area contributed by atoms with Crippen molar-refractivity contribution in [2.24, 2.45) is 5.73 Å². The van der Waals surface area contributed by atoms with Gasteiger partial charge in [-0.25, -0.2) is 0 Å². The topological polar surface area (TPSA) is 32.5 Å². The molecule has 19 heavy (non-hydrogen) atoms. The van der Waals surface area contributed by atoms with E-state index in [0.717, 1.165) is 35.9 Å². The van der Waals surface area contributed by atoms with Gasteiger partial charge in [0, 0.05) is 32.2 Å². The van der Waals surface area contributed by atoms with Gasteiger partial charge in [0.2, 0.25) is 0 Å². The van der Waals surface area contributed by atoms with E-state index in [4.69, 9.17) is 17.3 Å². The van der Waals surface area contributed by atoms with E-state index in [-0.39, 0.29) is 0 Å². The van der Waals surface area contributed by atoms with Crippen molar-refractivity contribution < 1.29 is 0 Å². The maximum Gasteiger partial charge on any atom is 0.0642 e. The van der Waals surface area contributed by atoms with Crippen molar-refractivity contribution in [1.82, 2.24) is 4.90 Å². The Labute approximate surface area is 120 Å². The highest BCUT2D eigenvalue weighted by atomic mass is 35.5. The zero-order valence-electron chi connectivity index (χ0n) is 11.3. The van der Waals surface area contributed by atoms with Gasteiger partial charge in [-0.1, -0.05) is 30.2 Å². The van der Waals surface area contributed by atoms with E-state index in [1.807, 2.05) is 12.1 Å². The Bertz CT molecular complexity index is 449. The summed E-state index contributed by atoms with van der Waals surface area (Å²) in [5, 5.41) is 0.840.